The topological polar surface area (TPSA) is 94.1 Å². The zero-order chi connectivity index (χ0) is 18.2. The maximum absolute atomic E-state index is 11.6. The predicted molar refractivity (Wildman–Crippen MR) is 96.8 cm³/mol. The first-order valence-corrected chi connectivity index (χ1v) is 10.7. The molecule has 2 N–H and O–H groups in total. The summed E-state index contributed by atoms with van der Waals surface area (Å²) in [5, 5.41) is 11.9. The van der Waals surface area contributed by atoms with Crippen LogP contribution >= 0.6 is 21.6 Å². The minimum atomic E-state index is -0.705. The molecule has 24 heavy (non-hydrogen) atoms. The largest absolute Gasteiger partial charge is 0.460 e. The number of amides is 1. The minimum absolute atomic E-state index is 0.0378. The smallest absolute Gasteiger partial charge is 0.305 e. The van der Waals surface area contributed by atoms with Gasteiger partial charge in [-0.1, -0.05) is 28.5 Å². The normalized spacial score (nSPS) is 13.3. The number of nitrogens with one attached hydrogen (secondary N) is 1. The lowest BCUT2D eigenvalue weighted by atomic mass is 10.2. The van der Waals surface area contributed by atoms with E-state index in [1.807, 2.05) is 13.2 Å². The lowest BCUT2D eigenvalue weighted by Crippen LogP contribution is -2.30. The van der Waals surface area contributed by atoms with E-state index in [1.165, 1.54) is 7.11 Å². The molecule has 0 radical (unpaired) electrons. The van der Waals surface area contributed by atoms with Gasteiger partial charge in [0.1, 0.15) is 6.61 Å². The summed E-state index contributed by atoms with van der Waals surface area (Å²) in [4.78, 5) is 23.2. The molecule has 0 rings (SSSR count). The summed E-state index contributed by atoms with van der Waals surface area (Å²) in [7, 11) is 4.79. The molecule has 0 aliphatic carbocycles. The summed E-state index contributed by atoms with van der Waals surface area (Å²) >= 11 is 0. The SMILES string of the molecule is CCC(CO)OC(COC(=O)CCCC(=O)NCCSSC)OC. The number of esters is 1. The third kappa shape index (κ3) is 12.9. The highest BCUT2D eigenvalue weighted by atomic mass is 33.1. The summed E-state index contributed by atoms with van der Waals surface area (Å²) in [5.41, 5.74) is 0. The maximum Gasteiger partial charge on any atom is 0.305 e. The van der Waals surface area contributed by atoms with Gasteiger partial charge in [-0.3, -0.25) is 9.59 Å². The Hall–Kier alpha value is -0.480. The fraction of sp³-hybridized carbons (Fsp3) is 0.867. The second-order valence-electron chi connectivity index (χ2n) is 4.89. The van der Waals surface area contributed by atoms with Crippen LogP contribution < -0.4 is 5.32 Å². The minimum Gasteiger partial charge on any atom is -0.460 e. The molecule has 1 amide bonds. The van der Waals surface area contributed by atoms with Gasteiger partial charge in [0.15, 0.2) is 6.29 Å². The number of methoxy groups -OCH3 is 1. The second kappa shape index (κ2) is 16.0. The van der Waals surface area contributed by atoms with Gasteiger partial charge in [0.05, 0.1) is 12.7 Å². The molecule has 2 unspecified atom stereocenters. The third-order valence-corrected chi connectivity index (χ3v) is 4.87. The van der Waals surface area contributed by atoms with Crippen molar-refractivity contribution in [2.45, 2.75) is 45.0 Å². The van der Waals surface area contributed by atoms with Crippen LogP contribution in [-0.2, 0) is 23.8 Å². The summed E-state index contributed by atoms with van der Waals surface area (Å²) in [5.74, 6) is 0.403. The average Bonchev–Trinajstić information content (AvgIpc) is 2.59. The molecule has 0 aromatic carbocycles. The van der Waals surface area contributed by atoms with Crippen LogP contribution in [0.15, 0.2) is 0 Å². The Balaban J connectivity index is 3.79. The first-order chi connectivity index (χ1) is 11.6. The van der Waals surface area contributed by atoms with Crippen LogP contribution in [0.3, 0.4) is 0 Å². The van der Waals surface area contributed by atoms with Crippen LogP contribution in [0, 0.1) is 0 Å². The van der Waals surface area contributed by atoms with Gasteiger partial charge in [0.25, 0.3) is 0 Å². The van der Waals surface area contributed by atoms with E-state index in [4.69, 9.17) is 19.3 Å². The van der Waals surface area contributed by atoms with E-state index in [2.05, 4.69) is 5.32 Å². The van der Waals surface area contributed by atoms with Crippen LogP contribution in [0.5, 0.6) is 0 Å². The highest BCUT2D eigenvalue weighted by Gasteiger charge is 2.16. The molecule has 0 aromatic heterocycles. The van der Waals surface area contributed by atoms with Crippen LogP contribution in [0.25, 0.3) is 0 Å². The van der Waals surface area contributed by atoms with Crippen molar-refractivity contribution in [3.05, 3.63) is 0 Å². The van der Waals surface area contributed by atoms with Gasteiger partial charge in [0.2, 0.25) is 5.91 Å². The molecule has 142 valence electrons. The number of aliphatic hydroxyl groups is 1. The van der Waals surface area contributed by atoms with Crippen molar-refractivity contribution in [2.24, 2.45) is 0 Å². The summed E-state index contributed by atoms with van der Waals surface area (Å²) < 4.78 is 15.6. The number of ether oxygens (including phenoxy) is 3. The van der Waals surface area contributed by atoms with E-state index in [-0.39, 0.29) is 31.6 Å². The van der Waals surface area contributed by atoms with Crippen LogP contribution in [0.4, 0.5) is 0 Å². The quantitative estimate of drug-likeness (QED) is 0.191. The van der Waals surface area contributed by atoms with E-state index in [0.717, 1.165) is 5.75 Å². The third-order valence-electron chi connectivity index (χ3n) is 3.06. The molecule has 0 aliphatic rings. The first-order valence-electron chi connectivity index (χ1n) is 7.94. The van der Waals surface area contributed by atoms with E-state index >= 15 is 0 Å². The molecular weight excluding hydrogens is 354 g/mol. The molecule has 2 atom stereocenters. The Labute approximate surface area is 152 Å². The van der Waals surface area contributed by atoms with Crippen LogP contribution in [0.2, 0.25) is 0 Å². The summed E-state index contributed by atoms with van der Waals surface area (Å²) in [6.45, 7) is 2.36. The van der Waals surface area contributed by atoms with Gasteiger partial charge < -0.3 is 24.6 Å². The Bertz CT molecular complexity index is 342. The van der Waals surface area contributed by atoms with Gasteiger partial charge >= 0.3 is 5.97 Å². The van der Waals surface area contributed by atoms with E-state index in [0.29, 0.717) is 25.8 Å². The number of aliphatic hydroxyl groups excluding tert-OH is 1. The van der Waals surface area contributed by atoms with Gasteiger partial charge in [-0.05, 0) is 19.1 Å². The summed E-state index contributed by atoms with van der Waals surface area (Å²) in [6, 6.07) is 0. The number of rotatable bonds is 15. The Morgan fingerprint density at radius 1 is 1.29 bits per heavy atom. The van der Waals surface area contributed by atoms with Crippen molar-refractivity contribution in [1.29, 1.82) is 0 Å². The zero-order valence-corrected chi connectivity index (χ0v) is 16.2. The van der Waals surface area contributed by atoms with E-state index in [1.54, 1.807) is 21.6 Å². The monoisotopic (exact) mass is 383 g/mol. The van der Waals surface area contributed by atoms with E-state index in [9.17, 15) is 9.59 Å². The number of hydrogen-bond donors (Lipinski definition) is 2. The zero-order valence-electron chi connectivity index (χ0n) is 14.6. The van der Waals surface area contributed by atoms with Crippen molar-refractivity contribution in [2.75, 3.05) is 38.9 Å². The molecule has 0 bridgehead atoms. The lowest BCUT2D eigenvalue weighted by Gasteiger charge is -2.21. The highest BCUT2D eigenvalue weighted by molar-refractivity contribution is 8.76. The van der Waals surface area contributed by atoms with Crippen molar-refractivity contribution in [3.63, 3.8) is 0 Å². The van der Waals surface area contributed by atoms with E-state index < -0.39 is 12.3 Å². The molecule has 9 heteroatoms. The summed E-state index contributed by atoms with van der Waals surface area (Å²) in [6.07, 6.45) is 2.47. The maximum atomic E-state index is 11.6. The van der Waals surface area contributed by atoms with Crippen LogP contribution in [0.1, 0.15) is 32.6 Å². The Morgan fingerprint density at radius 3 is 2.62 bits per heavy atom. The fourth-order valence-electron chi connectivity index (χ4n) is 1.68. The van der Waals surface area contributed by atoms with Gasteiger partial charge in [0, 0.05) is 32.2 Å². The van der Waals surface area contributed by atoms with Crippen LogP contribution in [-0.4, -0.2) is 68.3 Å². The average molecular weight is 384 g/mol. The molecule has 0 aromatic rings. The molecule has 0 fully saturated rings. The predicted octanol–water partition coefficient (Wildman–Crippen LogP) is 1.59. The molecular formula is C15H29NO6S2. The molecule has 0 saturated heterocycles. The standard InChI is InChI=1S/C15H29NO6S2/c1-4-12(10-17)22-15(20-2)11-21-14(19)7-5-6-13(18)16-8-9-24-23-3/h12,15,17H,4-11H2,1-3H3,(H,16,18). The Kier molecular flexibility index (Phi) is 15.7. The van der Waals surface area contributed by atoms with Gasteiger partial charge in [-0.25, -0.2) is 0 Å². The van der Waals surface area contributed by atoms with Crippen molar-refractivity contribution in [1.82, 2.24) is 5.32 Å². The van der Waals surface area contributed by atoms with Gasteiger partial charge in [-0.15, -0.1) is 0 Å². The Morgan fingerprint density at radius 2 is 2.04 bits per heavy atom. The fourth-order valence-corrected chi connectivity index (χ4v) is 2.78. The van der Waals surface area contributed by atoms with Crippen molar-refractivity contribution in [3.8, 4) is 0 Å². The number of hydrogen-bond acceptors (Lipinski definition) is 8. The van der Waals surface area contributed by atoms with Gasteiger partial charge in [-0.2, -0.15) is 0 Å². The molecule has 0 aliphatic heterocycles. The molecule has 0 spiro atoms. The van der Waals surface area contributed by atoms with Crippen molar-refractivity contribution >= 4 is 33.5 Å². The first kappa shape index (κ1) is 23.5. The molecule has 0 saturated carbocycles. The number of carbonyl (C=O) groups is 2. The number of carbonyl (C=O) groups excluding carboxylic acids is 2. The highest BCUT2D eigenvalue weighted by Crippen LogP contribution is 2.14. The second-order valence-corrected chi connectivity index (χ2v) is 7.57. The molecule has 7 nitrogen and oxygen atoms in total. The lowest BCUT2D eigenvalue weighted by molar-refractivity contribution is -0.194. The van der Waals surface area contributed by atoms with Crippen molar-refractivity contribution < 1.29 is 28.9 Å². The molecule has 0 heterocycles.